The second-order valence-electron chi connectivity index (χ2n) is 5.52. The Kier molecular flexibility index (Phi) is 5.88. The average molecular weight is 328 g/mol. The lowest BCUT2D eigenvalue weighted by Crippen LogP contribution is -2.78. The van der Waals surface area contributed by atoms with Crippen molar-refractivity contribution < 1.29 is 19.1 Å². The van der Waals surface area contributed by atoms with Crippen molar-refractivity contribution in [1.82, 2.24) is 10.2 Å². The quantitative estimate of drug-likeness (QED) is 0.315. The van der Waals surface area contributed by atoms with Crippen LogP contribution in [0, 0.1) is 0 Å². The smallest absolute Gasteiger partial charge is 0.302 e. The van der Waals surface area contributed by atoms with Gasteiger partial charge in [-0.25, -0.2) is 0 Å². The summed E-state index contributed by atoms with van der Waals surface area (Å²) in [7, 11) is 1.57. The summed E-state index contributed by atoms with van der Waals surface area (Å²) >= 11 is 1.63. The van der Waals surface area contributed by atoms with Gasteiger partial charge in [0.05, 0.1) is 0 Å². The zero-order chi connectivity index (χ0) is 16.2. The number of esters is 1. The third-order valence-electron chi connectivity index (χ3n) is 3.85. The van der Waals surface area contributed by atoms with Crippen LogP contribution < -0.4 is 5.32 Å². The lowest BCUT2D eigenvalue weighted by atomic mass is 10.0. The van der Waals surface area contributed by atoms with Crippen molar-refractivity contribution in [2.75, 3.05) is 26.0 Å². The fourth-order valence-electron chi connectivity index (χ4n) is 2.62. The Morgan fingerprint density at radius 2 is 2.32 bits per heavy atom. The Balaban J connectivity index is 1.96. The molecule has 0 aliphatic carbocycles. The number of unbranched alkanes of at least 4 members (excludes halogenated alkanes) is 2. The van der Waals surface area contributed by atoms with E-state index >= 15 is 0 Å². The SMILES string of the molecule is CCCCCNC1(OC)C(=O)N2C=C(COC(C)=O)CS[C@H]21. The van der Waals surface area contributed by atoms with Gasteiger partial charge in [0.25, 0.3) is 5.91 Å². The Hall–Kier alpha value is -1.05. The molecule has 0 aromatic heterocycles. The van der Waals surface area contributed by atoms with Crippen LogP contribution in [0.2, 0.25) is 0 Å². The third-order valence-corrected chi connectivity index (χ3v) is 5.26. The number of carbonyl (C=O) groups excluding carboxylic acids is 2. The average Bonchev–Trinajstić information content (AvgIpc) is 2.52. The molecule has 0 radical (unpaired) electrons. The van der Waals surface area contributed by atoms with E-state index in [9.17, 15) is 9.59 Å². The van der Waals surface area contributed by atoms with Crippen LogP contribution in [-0.2, 0) is 19.1 Å². The zero-order valence-electron chi connectivity index (χ0n) is 13.4. The van der Waals surface area contributed by atoms with Crippen LogP contribution in [0.4, 0.5) is 0 Å². The fraction of sp³-hybridized carbons (Fsp3) is 0.733. The minimum Gasteiger partial charge on any atom is -0.461 e. The second kappa shape index (κ2) is 7.48. The van der Waals surface area contributed by atoms with E-state index in [0.717, 1.165) is 37.1 Å². The summed E-state index contributed by atoms with van der Waals surface area (Å²) < 4.78 is 10.5. The van der Waals surface area contributed by atoms with Crippen LogP contribution in [0.5, 0.6) is 0 Å². The van der Waals surface area contributed by atoms with Crippen LogP contribution in [0.1, 0.15) is 33.1 Å². The van der Waals surface area contributed by atoms with Gasteiger partial charge in [-0.3, -0.25) is 19.8 Å². The number of carbonyl (C=O) groups is 2. The number of fused-ring (bicyclic) bond motifs is 1. The molecule has 1 fully saturated rings. The number of methoxy groups -OCH3 is 1. The van der Waals surface area contributed by atoms with Gasteiger partial charge in [0.1, 0.15) is 12.0 Å². The van der Waals surface area contributed by atoms with Gasteiger partial charge in [-0.05, 0) is 18.5 Å². The first kappa shape index (κ1) is 17.3. The molecule has 2 aliphatic rings. The van der Waals surface area contributed by atoms with Gasteiger partial charge in [0.2, 0.25) is 5.72 Å². The highest BCUT2D eigenvalue weighted by Gasteiger charge is 2.62. The van der Waals surface area contributed by atoms with Crippen LogP contribution in [0.3, 0.4) is 0 Å². The molecule has 1 unspecified atom stereocenters. The minimum absolute atomic E-state index is 0.0623. The van der Waals surface area contributed by atoms with Gasteiger partial charge in [-0.1, -0.05) is 19.8 Å². The zero-order valence-corrected chi connectivity index (χ0v) is 14.2. The van der Waals surface area contributed by atoms with E-state index in [0.29, 0.717) is 0 Å². The lowest BCUT2D eigenvalue weighted by Gasteiger charge is -2.54. The van der Waals surface area contributed by atoms with Crippen molar-refractivity contribution in [3.63, 3.8) is 0 Å². The summed E-state index contributed by atoms with van der Waals surface area (Å²) in [5.74, 6) is 0.333. The second-order valence-corrected chi connectivity index (χ2v) is 6.59. The van der Waals surface area contributed by atoms with E-state index in [-0.39, 0.29) is 23.9 Å². The van der Waals surface area contributed by atoms with Crippen LogP contribution in [0.15, 0.2) is 11.8 Å². The molecule has 124 valence electrons. The standard InChI is InChI=1S/C15H24N2O4S/c1-4-5-6-7-16-15(20-3)13(19)17-8-12(9-21-11(2)18)10-22-14(15)17/h8,14,16H,4-7,9-10H2,1-3H3/t14-,15?/m0/s1. The van der Waals surface area contributed by atoms with E-state index in [2.05, 4.69) is 12.2 Å². The normalized spacial score (nSPS) is 27.0. The number of nitrogens with one attached hydrogen (secondary N) is 1. The minimum atomic E-state index is -0.915. The molecule has 7 heteroatoms. The highest BCUT2D eigenvalue weighted by Crippen LogP contribution is 2.43. The molecule has 0 bridgehead atoms. The van der Waals surface area contributed by atoms with Crippen molar-refractivity contribution >= 4 is 23.6 Å². The summed E-state index contributed by atoms with van der Waals surface area (Å²) in [6, 6.07) is 0. The molecule has 0 spiro atoms. The molecule has 1 saturated heterocycles. The maximum absolute atomic E-state index is 12.5. The highest BCUT2D eigenvalue weighted by atomic mass is 32.2. The van der Waals surface area contributed by atoms with Gasteiger partial charge in [0.15, 0.2) is 0 Å². The number of amides is 1. The number of hydrogen-bond donors (Lipinski definition) is 1. The van der Waals surface area contributed by atoms with E-state index in [4.69, 9.17) is 9.47 Å². The van der Waals surface area contributed by atoms with Gasteiger partial charge < -0.3 is 9.47 Å². The maximum Gasteiger partial charge on any atom is 0.302 e. The molecular weight excluding hydrogens is 304 g/mol. The van der Waals surface area contributed by atoms with Crippen LogP contribution in [-0.4, -0.2) is 53.9 Å². The molecule has 22 heavy (non-hydrogen) atoms. The Morgan fingerprint density at radius 1 is 1.55 bits per heavy atom. The molecule has 2 atom stereocenters. The van der Waals surface area contributed by atoms with Gasteiger partial charge >= 0.3 is 5.97 Å². The van der Waals surface area contributed by atoms with E-state index in [1.165, 1.54) is 6.92 Å². The summed E-state index contributed by atoms with van der Waals surface area (Å²) in [5, 5.41) is 3.22. The molecule has 2 rings (SSSR count). The Bertz CT molecular complexity index is 468. The number of nitrogens with zero attached hydrogens (tertiary/aromatic N) is 1. The van der Waals surface area contributed by atoms with Gasteiger partial charge in [-0.15, -0.1) is 11.8 Å². The topological polar surface area (TPSA) is 67.9 Å². The van der Waals surface area contributed by atoms with Crippen molar-refractivity contribution in [3.05, 3.63) is 11.8 Å². The van der Waals surface area contributed by atoms with E-state index < -0.39 is 5.72 Å². The molecule has 0 aromatic carbocycles. The van der Waals surface area contributed by atoms with Crippen molar-refractivity contribution in [3.8, 4) is 0 Å². The van der Waals surface area contributed by atoms with Gasteiger partial charge in [0, 0.05) is 26.0 Å². The molecule has 2 aliphatic heterocycles. The number of hydrogen-bond acceptors (Lipinski definition) is 6. The molecule has 1 N–H and O–H groups in total. The highest BCUT2D eigenvalue weighted by molar-refractivity contribution is 8.00. The van der Waals surface area contributed by atoms with Crippen LogP contribution >= 0.6 is 11.8 Å². The molecule has 2 heterocycles. The molecule has 0 aromatic rings. The molecule has 0 saturated carbocycles. The first-order valence-corrected chi connectivity index (χ1v) is 8.67. The molecule has 1 amide bonds. The third kappa shape index (κ3) is 3.31. The fourth-order valence-corrected chi connectivity index (χ4v) is 3.99. The van der Waals surface area contributed by atoms with Crippen molar-refractivity contribution in [1.29, 1.82) is 0 Å². The van der Waals surface area contributed by atoms with Crippen molar-refractivity contribution in [2.45, 2.75) is 44.2 Å². The predicted octanol–water partition coefficient (Wildman–Crippen LogP) is 1.47. The summed E-state index contributed by atoms with van der Waals surface area (Å²) in [6.45, 7) is 4.53. The number of rotatable bonds is 8. The Labute approximate surface area is 135 Å². The lowest BCUT2D eigenvalue weighted by molar-refractivity contribution is -0.187. The predicted molar refractivity (Wildman–Crippen MR) is 85.1 cm³/mol. The monoisotopic (exact) mass is 328 g/mol. The first-order chi connectivity index (χ1) is 10.5. The number of thioether (sulfide) groups is 1. The molecular formula is C15H24N2O4S. The van der Waals surface area contributed by atoms with Crippen LogP contribution in [0.25, 0.3) is 0 Å². The summed E-state index contributed by atoms with van der Waals surface area (Å²) in [4.78, 5) is 25.0. The van der Waals surface area contributed by atoms with E-state index in [1.54, 1.807) is 30.0 Å². The summed E-state index contributed by atoms with van der Waals surface area (Å²) in [6.07, 6.45) is 5.09. The largest absolute Gasteiger partial charge is 0.461 e. The molecule has 6 nitrogen and oxygen atoms in total. The summed E-state index contributed by atoms with van der Waals surface area (Å²) in [5.41, 5.74) is 0.0162. The van der Waals surface area contributed by atoms with Gasteiger partial charge in [-0.2, -0.15) is 0 Å². The van der Waals surface area contributed by atoms with E-state index in [1.807, 2.05) is 0 Å². The number of ether oxygens (including phenoxy) is 2. The van der Waals surface area contributed by atoms with Crippen molar-refractivity contribution in [2.24, 2.45) is 0 Å². The first-order valence-electron chi connectivity index (χ1n) is 7.62. The maximum atomic E-state index is 12.5. The Morgan fingerprint density at radius 3 is 2.95 bits per heavy atom. The number of β-lactam (4-membered cyclic amide) rings is 1.